The average Bonchev–Trinajstić information content (AvgIpc) is 3.12. The minimum atomic E-state index is 0.0896. The van der Waals surface area contributed by atoms with Crippen LogP contribution in [-0.4, -0.2) is 22.2 Å². The summed E-state index contributed by atoms with van der Waals surface area (Å²) in [6, 6.07) is 20.1. The zero-order valence-electron chi connectivity index (χ0n) is 14.4. The van der Waals surface area contributed by atoms with Gasteiger partial charge >= 0.3 is 0 Å². The largest absolute Gasteiger partial charge is 0.356 e. The van der Waals surface area contributed by atoms with Crippen molar-refractivity contribution in [2.45, 2.75) is 25.7 Å². The Bertz CT molecular complexity index is 796. The first-order valence-corrected chi connectivity index (χ1v) is 8.63. The van der Waals surface area contributed by atoms with Crippen LogP contribution in [0.25, 0.3) is 5.69 Å². The van der Waals surface area contributed by atoms with Gasteiger partial charge in [-0.05, 0) is 35.6 Å². The monoisotopic (exact) mass is 333 g/mol. The second-order valence-electron chi connectivity index (χ2n) is 6.24. The van der Waals surface area contributed by atoms with E-state index in [-0.39, 0.29) is 11.8 Å². The minimum Gasteiger partial charge on any atom is -0.356 e. The number of benzene rings is 2. The number of amides is 1. The normalized spacial score (nSPS) is 11.9. The van der Waals surface area contributed by atoms with Crippen LogP contribution in [0.2, 0.25) is 0 Å². The summed E-state index contributed by atoms with van der Waals surface area (Å²) in [6.07, 6.45) is 5.14. The van der Waals surface area contributed by atoms with Crippen molar-refractivity contribution < 1.29 is 4.79 Å². The summed E-state index contributed by atoms with van der Waals surface area (Å²) in [7, 11) is 0. The molecule has 0 spiro atoms. The van der Waals surface area contributed by atoms with Gasteiger partial charge < -0.3 is 5.32 Å². The molecule has 128 valence electrons. The van der Waals surface area contributed by atoms with Crippen LogP contribution in [0.15, 0.2) is 73.1 Å². The summed E-state index contributed by atoms with van der Waals surface area (Å²) in [5.74, 6) is 0.314. The number of rotatable bonds is 7. The molecule has 0 bridgehead atoms. The molecule has 0 fully saturated rings. The van der Waals surface area contributed by atoms with E-state index in [0.29, 0.717) is 13.0 Å². The Labute approximate surface area is 148 Å². The summed E-state index contributed by atoms with van der Waals surface area (Å²) < 4.78 is 1.86. The van der Waals surface area contributed by atoms with E-state index in [1.807, 2.05) is 65.6 Å². The van der Waals surface area contributed by atoms with Crippen LogP contribution >= 0.6 is 0 Å². The number of para-hydroxylation sites is 1. The number of hydrogen-bond donors (Lipinski definition) is 1. The van der Waals surface area contributed by atoms with Crippen LogP contribution in [0.4, 0.5) is 0 Å². The standard InChI is InChI=1S/C21H23N3O/c1-17(19-8-4-2-5-9-19)14-21(25)22-13-12-18-15-23-24(16-18)20-10-6-3-7-11-20/h2-11,15-17H,12-14H2,1H3,(H,22,25). The maximum absolute atomic E-state index is 12.1. The molecule has 0 aliphatic carbocycles. The Hall–Kier alpha value is -2.88. The van der Waals surface area contributed by atoms with E-state index in [4.69, 9.17) is 0 Å². The third kappa shape index (κ3) is 4.80. The third-order valence-corrected chi connectivity index (χ3v) is 4.25. The van der Waals surface area contributed by atoms with Gasteiger partial charge in [0.05, 0.1) is 11.9 Å². The molecule has 4 heteroatoms. The lowest BCUT2D eigenvalue weighted by Crippen LogP contribution is -2.26. The van der Waals surface area contributed by atoms with Gasteiger partial charge in [0.2, 0.25) is 5.91 Å². The molecule has 1 atom stereocenters. The van der Waals surface area contributed by atoms with Crippen LogP contribution in [-0.2, 0) is 11.2 Å². The van der Waals surface area contributed by atoms with E-state index in [1.54, 1.807) is 0 Å². The first-order valence-electron chi connectivity index (χ1n) is 8.63. The molecule has 3 aromatic rings. The first kappa shape index (κ1) is 17.0. The highest BCUT2D eigenvalue weighted by atomic mass is 16.1. The molecular formula is C21H23N3O. The number of nitrogens with one attached hydrogen (secondary N) is 1. The maximum atomic E-state index is 12.1. The molecular weight excluding hydrogens is 310 g/mol. The topological polar surface area (TPSA) is 46.9 Å². The molecule has 0 saturated carbocycles. The van der Waals surface area contributed by atoms with E-state index in [0.717, 1.165) is 17.7 Å². The van der Waals surface area contributed by atoms with E-state index in [1.165, 1.54) is 5.56 Å². The summed E-state index contributed by atoms with van der Waals surface area (Å²) in [6.45, 7) is 2.71. The lowest BCUT2D eigenvalue weighted by Gasteiger charge is -2.11. The molecule has 1 N–H and O–H groups in total. The summed E-state index contributed by atoms with van der Waals surface area (Å²) in [5, 5.41) is 7.38. The van der Waals surface area contributed by atoms with Gasteiger partial charge in [-0.25, -0.2) is 4.68 Å². The highest BCUT2D eigenvalue weighted by molar-refractivity contribution is 5.76. The van der Waals surface area contributed by atoms with Crippen molar-refractivity contribution in [3.8, 4) is 5.69 Å². The molecule has 4 nitrogen and oxygen atoms in total. The maximum Gasteiger partial charge on any atom is 0.220 e. The highest BCUT2D eigenvalue weighted by Crippen LogP contribution is 2.18. The molecule has 0 radical (unpaired) electrons. The predicted octanol–water partition coefficient (Wildman–Crippen LogP) is 3.72. The molecule has 1 amide bonds. The zero-order valence-corrected chi connectivity index (χ0v) is 14.4. The van der Waals surface area contributed by atoms with Crippen molar-refractivity contribution >= 4 is 5.91 Å². The fraction of sp³-hybridized carbons (Fsp3) is 0.238. The number of carbonyl (C=O) groups excluding carboxylic acids is 1. The van der Waals surface area contributed by atoms with Crippen LogP contribution in [0.1, 0.15) is 30.4 Å². The van der Waals surface area contributed by atoms with Gasteiger partial charge in [-0.1, -0.05) is 55.5 Å². The molecule has 1 unspecified atom stereocenters. The van der Waals surface area contributed by atoms with Gasteiger partial charge in [0.1, 0.15) is 0 Å². The Morgan fingerprint density at radius 2 is 1.76 bits per heavy atom. The second kappa shape index (κ2) is 8.29. The molecule has 1 aromatic heterocycles. The summed E-state index contributed by atoms with van der Waals surface area (Å²) in [5.41, 5.74) is 3.34. The molecule has 0 aliphatic rings. The van der Waals surface area contributed by atoms with E-state index >= 15 is 0 Å². The number of carbonyl (C=O) groups is 1. The van der Waals surface area contributed by atoms with Gasteiger partial charge in [0.25, 0.3) is 0 Å². The lowest BCUT2D eigenvalue weighted by molar-refractivity contribution is -0.121. The molecule has 0 aliphatic heterocycles. The SMILES string of the molecule is CC(CC(=O)NCCc1cnn(-c2ccccc2)c1)c1ccccc1. The predicted molar refractivity (Wildman–Crippen MR) is 99.8 cm³/mol. The summed E-state index contributed by atoms with van der Waals surface area (Å²) >= 11 is 0. The Balaban J connectivity index is 1.45. The van der Waals surface area contributed by atoms with Crippen molar-refractivity contribution in [3.05, 3.63) is 84.2 Å². The quantitative estimate of drug-likeness (QED) is 0.716. The van der Waals surface area contributed by atoms with Crippen LogP contribution in [0.3, 0.4) is 0 Å². The van der Waals surface area contributed by atoms with Crippen molar-refractivity contribution in [1.82, 2.24) is 15.1 Å². The number of aromatic nitrogens is 2. The first-order chi connectivity index (χ1) is 12.2. The minimum absolute atomic E-state index is 0.0896. The number of nitrogens with zero attached hydrogens (tertiary/aromatic N) is 2. The van der Waals surface area contributed by atoms with Crippen LogP contribution < -0.4 is 5.32 Å². The van der Waals surface area contributed by atoms with Gasteiger partial charge in [-0.2, -0.15) is 5.10 Å². The van der Waals surface area contributed by atoms with Gasteiger partial charge in [-0.15, -0.1) is 0 Å². The molecule has 0 saturated heterocycles. The van der Waals surface area contributed by atoms with Crippen LogP contribution in [0.5, 0.6) is 0 Å². The van der Waals surface area contributed by atoms with E-state index in [2.05, 4.69) is 29.5 Å². The average molecular weight is 333 g/mol. The fourth-order valence-corrected chi connectivity index (χ4v) is 2.81. The molecule has 25 heavy (non-hydrogen) atoms. The lowest BCUT2D eigenvalue weighted by atomic mass is 9.97. The van der Waals surface area contributed by atoms with Crippen molar-refractivity contribution in [3.63, 3.8) is 0 Å². The molecule has 2 aromatic carbocycles. The second-order valence-corrected chi connectivity index (χ2v) is 6.24. The van der Waals surface area contributed by atoms with E-state index < -0.39 is 0 Å². The van der Waals surface area contributed by atoms with E-state index in [9.17, 15) is 4.79 Å². The van der Waals surface area contributed by atoms with Crippen molar-refractivity contribution in [2.24, 2.45) is 0 Å². The van der Waals surface area contributed by atoms with Gasteiger partial charge in [0, 0.05) is 19.2 Å². The Morgan fingerprint density at radius 1 is 1.08 bits per heavy atom. The highest BCUT2D eigenvalue weighted by Gasteiger charge is 2.10. The Kier molecular flexibility index (Phi) is 5.62. The Morgan fingerprint density at radius 3 is 2.48 bits per heavy atom. The molecule has 1 heterocycles. The fourth-order valence-electron chi connectivity index (χ4n) is 2.81. The smallest absolute Gasteiger partial charge is 0.220 e. The van der Waals surface area contributed by atoms with Gasteiger partial charge in [-0.3, -0.25) is 4.79 Å². The van der Waals surface area contributed by atoms with Crippen molar-refractivity contribution in [2.75, 3.05) is 6.54 Å². The zero-order chi connectivity index (χ0) is 17.5. The van der Waals surface area contributed by atoms with Gasteiger partial charge in [0.15, 0.2) is 0 Å². The number of hydrogen-bond acceptors (Lipinski definition) is 2. The third-order valence-electron chi connectivity index (χ3n) is 4.25. The summed E-state index contributed by atoms with van der Waals surface area (Å²) in [4.78, 5) is 12.1. The molecule has 3 rings (SSSR count). The van der Waals surface area contributed by atoms with Crippen molar-refractivity contribution in [1.29, 1.82) is 0 Å². The van der Waals surface area contributed by atoms with Crippen LogP contribution in [0, 0.1) is 0 Å².